The first-order valence-electron chi connectivity index (χ1n) is 6.52. The van der Waals surface area contributed by atoms with Crippen LogP contribution in [0.15, 0.2) is 30.3 Å². The SMILES string of the molecule is O=C(O)C(c1ccccc1)S(=O)CC(=O)N1CCCC1. The van der Waals surface area contributed by atoms with Gasteiger partial charge in [-0.2, -0.15) is 0 Å². The molecule has 6 heteroatoms. The second-order valence-corrected chi connectivity index (χ2v) is 6.26. The fraction of sp³-hybridized carbons (Fsp3) is 0.429. The molecule has 108 valence electrons. The molecule has 2 unspecified atom stereocenters. The Bertz CT molecular complexity index is 511. The molecule has 1 heterocycles. The number of rotatable bonds is 5. The van der Waals surface area contributed by atoms with Crippen LogP contribution in [-0.4, -0.2) is 44.9 Å². The van der Waals surface area contributed by atoms with Crippen molar-refractivity contribution < 1.29 is 18.9 Å². The summed E-state index contributed by atoms with van der Waals surface area (Å²) in [6.45, 7) is 1.36. The third-order valence-corrected chi connectivity index (χ3v) is 4.85. The standard InChI is InChI=1S/C14H17NO4S/c16-12(15-8-4-5-9-15)10-20(19)13(14(17)18)11-6-2-1-3-7-11/h1-3,6-7,13H,4-5,8-10H2,(H,17,18). The topological polar surface area (TPSA) is 74.7 Å². The Balaban J connectivity index is 2.08. The molecule has 0 bridgehead atoms. The zero-order chi connectivity index (χ0) is 14.5. The molecule has 1 aromatic carbocycles. The van der Waals surface area contributed by atoms with E-state index in [1.165, 1.54) is 0 Å². The molecule has 1 aliphatic heterocycles. The maximum Gasteiger partial charge on any atom is 0.323 e. The number of amides is 1. The van der Waals surface area contributed by atoms with Crippen molar-refractivity contribution in [2.75, 3.05) is 18.8 Å². The molecule has 2 atom stereocenters. The van der Waals surface area contributed by atoms with Crippen LogP contribution in [-0.2, 0) is 20.4 Å². The first kappa shape index (κ1) is 14.7. The predicted octanol–water partition coefficient (Wildman–Crippen LogP) is 1.18. The van der Waals surface area contributed by atoms with Gasteiger partial charge in [-0.15, -0.1) is 0 Å². The van der Waals surface area contributed by atoms with Gasteiger partial charge in [0.1, 0.15) is 5.75 Å². The molecule has 5 nitrogen and oxygen atoms in total. The molecule has 2 rings (SSSR count). The van der Waals surface area contributed by atoms with E-state index >= 15 is 0 Å². The highest BCUT2D eigenvalue weighted by Gasteiger charge is 2.30. The monoisotopic (exact) mass is 295 g/mol. The Morgan fingerprint density at radius 1 is 1.20 bits per heavy atom. The van der Waals surface area contributed by atoms with Crippen LogP contribution in [0.4, 0.5) is 0 Å². The van der Waals surface area contributed by atoms with Crippen LogP contribution in [0, 0.1) is 0 Å². The number of aliphatic carboxylic acids is 1. The Morgan fingerprint density at radius 3 is 2.35 bits per heavy atom. The molecular weight excluding hydrogens is 278 g/mol. The molecule has 0 spiro atoms. The Kier molecular flexibility index (Phi) is 4.89. The lowest BCUT2D eigenvalue weighted by Crippen LogP contribution is -2.34. The van der Waals surface area contributed by atoms with Gasteiger partial charge in [0.25, 0.3) is 0 Å². The lowest BCUT2D eigenvalue weighted by molar-refractivity contribution is -0.136. The third-order valence-electron chi connectivity index (χ3n) is 3.31. The van der Waals surface area contributed by atoms with Gasteiger partial charge in [0, 0.05) is 23.9 Å². The summed E-state index contributed by atoms with van der Waals surface area (Å²) in [6.07, 6.45) is 1.92. The van der Waals surface area contributed by atoms with Crippen LogP contribution >= 0.6 is 0 Å². The van der Waals surface area contributed by atoms with Crippen molar-refractivity contribution in [1.29, 1.82) is 0 Å². The van der Waals surface area contributed by atoms with E-state index in [0.717, 1.165) is 12.8 Å². The van der Waals surface area contributed by atoms with Gasteiger partial charge in [-0.05, 0) is 18.4 Å². The molecule has 1 aromatic rings. The maximum atomic E-state index is 12.2. The number of nitrogens with zero attached hydrogens (tertiary/aromatic N) is 1. The predicted molar refractivity (Wildman–Crippen MR) is 75.6 cm³/mol. The molecule has 20 heavy (non-hydrogen) atoms. The highest BCUT2D eigenvalue weighted by molar-refractivity contribution is 7.86. The van der Waals surface area contributed by atoms with Crippen molar-refractivity contribution in [3.05, 3.63) is 35.9 Å². The molecule has 1 aliphatic rings. The van der Waals surface area contributed by atoms with E-state index < -0.39 is 22.0 Å². The van der Waals surface area contributed by atoms with Gasteiger partial charge >= 0.3 is 5.97 Å². The fourth-order valence-electron chi connectivity index (χ4n) is 2.30. The lowest BCUT2D eigenvalue weighted by atomic mass is 10.1. The summed E-state index contributed by atoms with van der Waals surface area (Å²) in [6, 6.07) is 8.41. The number of carboxylic acid groups (broad SMARTS) is 1. The van der Waals surface area contributed by atoms with Crippen LogP contribution < -0.4 is 0 Å². The minimum atomic E-state index is -1.76. The summed E-state index contributed by atoms with van der Waals surface area (Å²) in [7, 11) is -1.76. The van der Waals surface area contributed by atoms with Gasteiger partial charge in [-0.1, -0.05) is 30.3 Å². The number of hydrogen-bond acceptors (Lipinski definition) is 3. The zero-order valence-corrected chi connectivity index (χ0v) is 11.8. The summed E-state index contributed by atoms with van der Waals surface area (Å²) in [5.74, 6) is -1.61. The van der Waals surface area contributed by atoms with Crippen LogP contribution in [0.1, 0.15) is 23.7 Å². The first-order chi connectivity index (χ1) is 9.59. The largest absolute Gasteiger partial charge is 0.480 e. The number of likely N-dealkylation sites (tertiary alicyclic amines) is 1. The van der Waals surface area contributed by atoms with Gasteiger partial charge in [-0.25, -0.2) is 0 Å². The van der Waals surface area contributed by atoms with Crippen molar-refractivity contribution in [2.45, 2.75) is 18.1 Å². The number of carboxylic acids is 1. The van der Waals surface area contributed by atoms with Crippen LogP contribution in [0.2, 0.25) is 0 Å². The van der Waals surface area contributed by atoms with Gasteiger partial charge in [0.15, 0.2) is 5.25 Å². The highest BCUT2D eigenvalue weighted by atomic mass is 32.2. The van der Waals surface area contributed by atoms with E-state index in [-0.39, 0.29) is 11.7 Å². The zero-order valence-electron chi connectivity index (χ0n) is 11.0. The second kappa shape index (κ2) is 6.65. The van der Waals surface area contributed by atoms with Crippen molar-refractivity contribution in [3.8, 4) is 0 Å². The molecule has 1 saturated heterocycles. The summed E-state index contributed by atoms with van der Waals surface area (Å²) in [5, 5.41) is 8.11. The molecule has 1 N–H and O–H groups in total. The number of carbonyl (C=O) groups excluding carboxylic acids is 1. The Hall–Kier alpha value is -1.69. The average molecular weight is 295 g/mol. The summed E-state index contributed by atoms with van der Waals surface area (Å²) < 4.78 is 12.2. The fourth-order valence-corrected chi connectivity index (χ4v) is 3.58. The normalized spacial score (nSPS) is 17.7. The van der Waals surface area contributed by atoms with Crippen LogP contribution in [0.25, 0.3) is 0 Å². The average Bonchev–Trinajstić information content (AvgIpc) is 2.93. The summed E-state index contributed by atoms with van der Waals surface area (Å²) in [4.78, 5) is 24.9. The van der Waals surface area contributed by atoms with Crippen molar-refractivity contribution in [3.63, 3.8) is 0 Å². The minimum absolute atomic E-state index is 0.219. The van der Waals surface area contributed by atoms with Gasteiger partial charge in [0.05, 0.1) is 0 Å². The number of carbonyl (C=O) groups is 2. The van der Waals surface area contributed by atoms with Crippen molar-refractivity contribution in [2.24, 2.45) is 0 Å². The first-order valence-corrected chi connectivity index (χ1v) is 7.90. The van der Waals surface area contributed by atoms with Crippen molar-refractivity contribution >= 4 is 22.7 Å². The molecular formula is C14H17NO4S. The Labute approximate surface area is 120 Å². The summed E-state index contributed by atoms with van der Waals surface area (Å²) >= 11 is 0. The quantitative estimate of drug-likeness (QED) is 0.885. The third kappa shape index (κ3) is 3.45. The molecule has 0 aliphatic carbocycles. The lowest BCUT2D eigenvalue weighted by Gasteiger charge is -2.17. The second-order valence-electron chi connectivity index (χ2n) is 4.74. The van der Waals surface area contributed by atoms with E-state index in [2.05, 4.69) is 0 Å². The van der Waals surface area contributed by atoms with E-state index in [1.54, 1.807) is 35.2 Å². The maximum absolute atomic E-state index is 12.2. The van der Waals surface area contributed by atoms with E-state index in [1.807, 2.05) is 0 Å². The molecule has 0 aromatic heterocycles. The number of hydrogen-bond donors (Lipinski definition) is 1. The van der Waals surface area contributed by atoms with Gasteiger partial charge < -0.3 is 10.0 Å². The minimum Gasteiger partial charge on any atom is -0.480 e. The van der Waals surface area contributed by atoms with E-state index in [9.17, 15) is 18.9 Å². The molecule has 0 saturated carbocycles. The molecule has 1 amide bonds. The van der Waals surface area contributed by atoms with Gasteiger partial charge in [-0.3, -0.25) is 13.8 Å². The van der Waals surface area contributed by atoms with E-state index in [4.69, 9.17) is 0 Å². The Morgan fingerprint density at radius 2 is 1.80 bits per heavy atom. The van der Waals surface area contributed by atoms with Gasteiger partial charge in [0.2, 0.25) is 5.91 Å². The van der Waals surface area contributed by atoms with Crippen LogP contribution in [0.3, 0.4) is 0 Å². The molecule has 0 radical (unpaired) electrons. The van der Waals surface area contributed by atoms with E-state index in [0.29, 0.717) is 18.7 Å². The molecule has 1 fully saturated rings. The number of benzene rings is 1. The smallest absolute Gasteiger partial charge is 0.323 e. The highest BCUT2D eigenvalue weighted by Crippen LogP contribution is 2.21. The van der Waals surface area contributed by atoms with Crippen LogP contribution in [0.5, 0.6) is 0 Å². The summed E-state index contributed by atoms with van der Waals surface area (Å²) in [5.41, 5.74) is 0.465. The van der Waals surface area contributed by atoms with Crippen molar-refractivity contribution in [1.82, 2.24) is 4.90 Å².